The molecule has 1 heterocycles. The maximum absolute atomic E-state index is 12.2. The molecule has 4 nitrogen and oxygen atoms in total. The Labute approximate surface area is 126 Å². The van der Waals surface area contributed by atoms with Crippen LogP contribution in [0, 0.1) is 13.8 Å². The van der Waals surface area contributed by atoms with Crippen molar-refractivity contribution in [2.45, 2.75) is 52.2 Å². The topological polar surface area (TPSA) is 47.6 Å². The minimum absolute atomic E-state index is 0.0612. The van der Waals surface area contributed by atoms with E-state index in [4.69, 9.17) is 9.47 Å². The summed E-state index contributed by atoms with van der Waals surface area (Å²) < 4.78 is 11.4. The Bertz CT molecular complexity index is 481. The van der Waals surface area contributed by atoms with Crippen LogP contribution in [0.5, 0.6) is 5.75 Å². The summed E-state index contributed by atoms with van der Waals surface area (Å²) in [5.41, 5.74) is 2.18. The van der Waals surface area contributed by atoms with Gasteiger partial charge >= 0.3 is 0 Å². The van der Waals surface area contributed by atoms with Crippen molar-refractivity contribution in [3.8, 4) is 5.75 Å². The first-order valence-electron chi connectivity index (χ1n) is 7.73. The number of amides is 1. The van der Waals surface area contributed by atoms with Crippen LogP contribution in [0.2, 0.25) is 0 Å². The van der Waals surface area contributed by atoms with E-state index in [2.05, 4.69) is 5.32 Å². The lowest BCUT2D eigenvalue weighted by Crippen LogP contribution is -2.41. The molecule has 1 amide bonds. The van der Waals surface area contributed by atoms with E-state index in [0.29, 0.717) is 13.0 Å². The van der Waals surface area contributed by atoms with Crippen LogP contribution in [0.1, 0.15) is 37.3 Å². The van der Waals surface area contributed by atoms with Gasteiger partial charge in [-0.3, -0.25) is 4.79 Å². The summed E-state index contributed by atoms with van der Waals surface area (Å²) in [6.07, 6.45) is 2.45. The predicted molar refractivity (Wildman–Crippen MR) is 82.6 cm³/mol. The number of nitrogens with one attached hydrogen (secondary N) is 1. The van der Waals surface area contributed by atoms with Gasteiger partial charge in [-0.2, -0.15) is 0 Å². The zero-order chi connectivity index (χ0) is 15.2. The van der Waals surface area contributed by atoms with Gasteiger partial charge in [-0.25, -0.2) is 0 Å². The lowest BCUT2D eigenvalue weighted by Gasteiger charge is -2.20. The normalized spacial score (nSPS) is 19.3. The molecule has 1 aromatic rings. The van der Waals surface area contributed by atoms with Gasteiger partial charge in [0.05, 0.1) is 6.10 Å². The molecule has 1 saturated heterocycles. The van der Waals surface area contributed by atoms with Crippen molar-refractivity contribution in [1.29, 1.82) is 0 Å². The van der Waals surface area contributed by atoms with Crippen molar-refractivity contribution in [1.82, 2.24) is 5.32 Å². The minimum Gasteiger partial charge on any atom is -0.480 e. The number of ether oxygens (including phenoxy) is 2. The monoisotopic (exact) mass is 291 g/mol. The van der Waals surface area contributed by atoms with E-state index in [1.165, 1.54) is 0 Å². The lowest BCUT2D eigenvalue weighted by molar-refractivity contribution is -0.128. The Morgan fingerprint density at radius 2 is 2.29 bits per heavy atom. The fourth-order valence-corrected chi connectivity index (χ4v) is 2.44. The highest BCUT2D eigenvalue weighted by molar-refractivity contribution is 5.81. The van der Waals surface area contributed by atoms with Crippen molar-refractivity contribution in [3.63, 3.8) is 0 Å². The molecule has 1 aromatic carbocycles. The average molecular weight is 291 g/mol. The molecule has 4 heteroatoms. The molecule has 0 bridgehead atoms. The third-order valence-electron chi connectivity index (χ3n) is 3.80. The Hall–Kier alpha value is -1.55. The molecule has 0 aliphatic carbocycles. The van der Waals surface area contributed by atoms with Gasteiger partial charge in [0.15, 0.2) is 6.10 Å². The summed E-state index contributed by atoms with van der Waals surface area (Å²) >= 11 is 0. The molecule has 1 aliphatic heterocycles. The fraction of sp³-hybridized carbons (Fsp3) is 0.588. The first-order chi connectivity index (χ1) is 10.1. The van der Waals surface area contributed by atoms with Crippen molar-refractivity contribution < 1.29 is 14.3 Å². The molecule has 2 rings (SSSR count). The zero-order valence-electron chi connectivity index (χ0n) is 13.1. The van der Waals surface area contributed by atoms with Gasteiger partial charge in [0.25, 0.3) is 5.91 Å². The van der Waals surface area contributed by atoms with Gasteiger partial charge in [-0.1, -0.05) is 19.1 Å². The van der Waals surface area contributed by atoms with Gasteiger partial charge in [0.2, 0.25) is 0 Å². The average Bonchev–Trinajstić information content (AvgIpc) is 2.99. The number of carbonyl (C=O) groups excluding carboxylic acids is 1. The second kappa shape index (κ2) is 7.46. The van der Waals surface area contributed by atoms with E-state index in [-0.39, 0.29) is 12.0 Å². The molecule has 0 radical (unpaired) electrons. The molecule has 21 heavy (non-hydrogen) atoms. The summed E-state index contributed by atoms with van der Waals surface area (Å²) in [5.74, 6) is 0.725. The molecule has 0 unspecified atom stereocenters. The van der Waals surface area contributed by atoms with Gasteiger partial charge in [-0.05, 0) is 50.3 Å². The van der Waals surface area contributed by atoms with E-state index in [0.717, 1.165) is 36.3 Å². The SMILES string of the molecule is CC[C@@H](Oc1cc(C)ccc1C)C(=O)NC[C@@H]1CCCO1. The van der Waals surface area contributed by atoms with E-state index in [1.54, 1.807) is 0 Å². The second-order valence-electron chi connectivity index (χ2n) is 5.66. The van der Waals surface area contributed by atoms with Crippen LogP contribution >= 0.6 is 0 Å². The van der Waals surface area contributed by atoms with Crippen molar-refractivity contribution in [3.05, 3.63) is 29.3 Å². The molecule has 1 N–H and O–H groups in total. The maximum atomic E-state index is 12.2. The number of rotatable bonds is 6. The number of benzene rings is 1. The highest BCUT2D eigenvalue weighted by atomic mass is 16.5. The Kier molecular flexibility index (Phi) is 5.62. The van der Waals surface area contributed by atoms with Crippen molar-refractivity contribution in [2.75, 3.05) is 13.2 Å². The van der Waals surface area contributed by atoms with E-state index >= 15 is 0 Å². The van der Waals surface area contributed by atoms with Gasteiger partial charge in [0, 0.05) is 13.2 Å². The molecular formula is C17H25NO3. The van der Waals surface area contributed by atoms with E-state index < -0.39 is 6.10 Å². The molecule has 0 saturated carbocycles. The smallest absolute Gasteiger partial charge is 0.261 e. The van der Waals surface area contributed by atoms with Gasteiger partial charge in [-0.15, -0.1) is 0 Å². The van der Waals surface area contributed by atoms with Crippen LogP contribution in [0.3, 0.4) is 0 Å². The van der Waals surface area contributed by atoms with Gasteiger partial charge < -0.3 is 14.8 Å². The molecular weight excluding hydrogens is 266 g/mol. The molecule has 0 spiro atoms. The summed E-state index contributed by atoms with van der Waals surface area (Å²) in [6.45, 7) is 7.35. The van der Waals surface area contributed by atoms with Crippen LogP contribution in [-0.4, -0.2) is 31.3 Å². The quantitative estimate of drug-likeness (QED) is 0.876. The zero-order valence-corrected chi connectivity index (χ0v) is 13.1. The summed E-state index contributed by atoms with van der Waals surface area (Å²) in [6, 6.07) is 6.04. The van der Waals surface area contributed by atoms with Crippen LogP contribution in [0.25, 0.3) is 0 Å². The third-order valence-corrected chi connectivity index (χ3v) is 3.80. The molecule has 2 atom stereocenters. The van der Waals surface area contributed by atoms with Crippen molar-refractivity contribution >= 4 is 5.91 Å². The highest BCUT2D eigenvalue weighted by Gasteiger charge is 2.22. The lowest BCUT2D eigenvalue weighted by atomic mass is 10.1. The first kappa shape index (κ1) is 15.8. The van der Waals surface area contributed by atoms with E-state index in [9.17, 15) is 4.79 Å². The maximum Gasteiger partial charge on any atom is 0.261 e. The Morgan fingerprint density at radius 1 is 1.48 bits per heavy atom. The number of hydrogen-bond acceptors (Lipinski definition) is 3. The standard InChI is InChI=1S/C17H25NO3/c1-4-15(17(19)18-11-14-6-5-9-20-14)21-16-10-12(2)7-8-13(16)3/h7-8,10,14-15H,4-6,9,11H2,1-3H3,(H,18,19)/t14-,15+/m0/s1. The largest absolute Gasteiger partial charge is 0.480 e. The Balaban J connectivity index is 1.91. The third kappa shape index (κ3) is 4.46. The fourth-order valence-electron chi connectivity index (χ4n) is 2.44. The van der Waals surface area contributed by atoms with Crippen LogP contribution in [0.15, 0.2) is 18.2 Å². The minimum atomic E-state index is -0.452. The molecule has 0 aromatic heterocycles. The number of hydrogen-bond donors (Lipinski definition) is 1. The Morgan fingerprint density at radius 3 is 2.95 bits per heavy atom. The summed E-state index contributed by atoms with van der Waals surface area (Å²) in [4.78, 5) is 12.2. The van der Waals surface area contributed by atoms with Crippen LogP contribution in [0.4, 0.5) is 0 Å². The molecule has 116 valence electrons. The second-order valence-corrected chi connectivity index (χ2v) is 5.66. The number of aryl methyl sites for hydroxylation is 2. The molecule has 1 fully saturated rings. The molecule has 1 aliphatic rings. The van der Waals surface area contributed by atoms with E-state index in [1.807, 2.05) is 39.0 Å². The van der Waals surface area contributed by atoms with Crippen LogP contribution < -0.4 is 10.1 Å². The number of carbonyl (C=O) groups is 1. The van der Waals surface area contributed by atoms with Crippen LogP contribution in [-0.2, 0) is 9.53 Å². The highest BCUT2D eigenvalue weighted by Crippen LogP contribution is 2.21. The predicted octanol–water partition coefficient (Wildman–Crippen LogP) is 2.76. The summed E-state index contributed by atoms with van der Waals surface area (Å²) in [5, 5.41) is 2.94. The van der Waals surface area contributed by atoms with Crippen molar-refractivity contribution in [2.24, 2.45) is 0 Å². The van der Waals surface area contributed by atoms with Gasteiger partial charge in [0.1, 0.15) is 5.75 Å². The summed E-state index contributed by atoms with van der Waals surface area (Å²) in [7, 11) is 0. The first-order valence-corrected chi connectivity index (χ1v) is 7.73.